The van der Waals surface area contributed by atoms with E-state index < -0.39 is 0 Å². The number of amides is 2. The predicted molar refractivity (Wildman–Crippen MR) is 137 cm³/mol. The number of nitrogens with one attached hydrogen (secondary N) is 2. The molecular formula is C25H28N4OS2. The summed E-state index contributed by atoms with van der Waals surface area (Å²) in [5, 5.41) is 9.98. The van der Waals surface area contributed by atoms with Crippen LogP contribution in [0.3, 0.4) is 0 Å². The highest BCUT2D eigenvalue weighted by Gasteiger charge is 2.15. The van der Waals surface area contributed by atoms with E-state index in [4.69, 9.17) is 9.97 Å². The quantitative estimate of drug-likeness (QED) is 0.238. The van der Waals surface area contributed by atoms with Gasteiger partial charge in [-0.1, -0.05) is 51.2 Å². The molecule has 0 saturated carbocycles. The largest absolute Gasteiger partial charge is 0.338 e. The maximum absolute atomic E-state index is 12.3. The Kier molecular flexibility index (Phi) is 7.85. The summed E-state index contributed by atoms with van der Waals surface area (Å²) in [7, 11) is 0. The number of fused-ring (bicyclic) bond motifs is 1. The third-order valence-corrected chi connectivity index (χ3v) is 7.00. The van der Waals surface area contributed by atoms with Gasteiger partial charge in [-0.15, -0.1) is 22.7 Å². The molecule has 0 spiro atoms. The minimum Gasteiger partial charge on any atom is -0.338 e. The van der Waals surface area contributed by atoms with Gasteiger partial charge in [0.05, 0.1) is 20.8 Å². The van der Waals surface area contributed by atoms with Gasteiger partial charge in [-0.05, 0) is 47.5 Å². The monoisotopic (exact) mass is 464 g/mol. The molecule has 4 rings (SSSR count). The number of nitrogens with zero attached hydrogens (tertiary/aromatic N) is 2. The topological polar surface area (TPSA) is 66.9 Å². The summed E-state index contributed by atoms with van der Waals surface area (Å²) in [6.07, 6.45) is 7.23. The maximum atomic E-state index is 12.3. The molecule has 3 aromatic heterocycles. The van der Waals surface area contributed by atoms with E-state index >= 15 is 0 Å². The summed E-state index contributed by atoms with van der Waals surface area (Å²) in [5.74, 6) is 0. The lowest BCUT2D eigenvalue weighted by Crippen LogP contribution is -2.29. The molecule has 0 saturated heterocycles. The fourth-order valence-electron chi connectivity index (χ4n) is 3.58. The standard InChI is InChI=1S/C25H28N4OS2/c1-2-3-4-5-6-7-14-26-25(30)27-18-12-13-19-20(17-18)29-24(22-11-9-16-32-22)23(28-19)21-10-8-15-31-21/h8-13,15-17H,2-7,14H2,1H3,(H2,26,27,30). The van der Waals surface area contributed by atoms with Crippen LogP contribution in [0.2, 0.25) is 0 Å². The Morgan fingerprint density at radius 2 is 1.50 bits per heavy atom. The molecule has 2 N–H and O–H groups in total. The van der Waals surface area contributed by atoms with Gasteiger partial charge in [-0.2, -0.15) is 0 Å². The minimum absolute atomic E-state index is 0.181. The lowest BCUT2D eigenvalue weighted by atomic mass is 10.1. The Balaban J connectivity index is 1.46. The van der Waals surface area contributed by atoms with E-state index in [9.17, 15) is 4.79 Å². The average molecular weight is 465 g/mol. The van der Waals surface area contributed by atoms with Crippen molar-refractivity contribution in [2.75, 3.05) is 11.9 Å². The maximum Gasteiger partial charge on any atom is 0.319 e. The van der Waals surface area contributed by atoms with Crippen LogP contribution >= 0.6 is 22.7 Å². The zero-order chi connectivity index (χ0) is 22.2. The molecule has 1 aromatic carbocycles. The molecule has 0 atom stereocenters. The van der Waals surface area contributed by atoms with Gasteiger partial charge in [0.1, 0.15) is 11.4 Å². The second kappa shape index (κ2) is 11.2. The first-order valence-electron chi connectivity index (χ1n) is 11.2. The minimum atomic E-state index is -0.181. The van der Waals surface area contributed by atoms with Gasteiger partial charge in [0.2, 0.25) is 0 Å². The lowest BCUT2D eigenvalue weighted by Gasteiger charge is -2.10. The zero-order valence-corrected chi connectivity index (χ0v) is 19.9. The highest BCUT2D eigenvalue weighted by Crippen LogP contribution is 2.35. The number of urea groups is 1. The number of thiophene rings is 2. The number of rotatable bonds is 10. The molecule has 0 bridgehead atoms. The second-order valence-corrected chi connectivity index (χ2v) is 9.62. The van der Waals surface area contributed by atoms with Crippen LogP contribution in [0.4, 0.5) is 10.5 Å². The number of hydrogen-bond donors (Lipinski definition) is 2. The van der Waals surface area contributed by atoms with Crippen molar-refractivity contribution in [3.05, 3.63) is 53.2 Å². The molecule has 0 aliphatic rings. The van der Waals surface area contributed by atoms with Crippen LogP contribution in [-0.4, -0.2) is 22.5 Å². The van der Waals surface area contributed by atoms with Crippen molar-refractivity contribution >= 4 is 45.4 Å². The Labute approximate surface area is 196 Å². The van der Waals surface area contributed by atoms with Crippen LogP contribution in [0.15, 0.2) is 53.2 Å². The van der Waals surface area contributed by atoms with Gasteiger partial charge < -0.3 is 10.6 Å². The third-order valence-electron chi connectivity index (χ3n) is 5.25. The fourth-order valence-corrected chi connectivity index (χ4v) is 5.01. The van der Waals surface area contributed by atoms with Gasteiger partial charge in [0.25, 0.3) is 0 Å². The average Bonchev–Trinajstić information content (AvgIpc) is 3.52. The fraction of sp³-hybridized carbons (Fsp3) is 0.320. The summed E-state index contributed by atoms with van der Waals surface area (Å²) in [6, 6.07) is 13.7. The van der Waals surface area contributed by atoms with Crippen molar-refractivity contribution in [1.82, 2.24) is 15.3 Å². The highest BCUT2D eigenvalue weighted by molar-refractivity contribution is 7.14. The number of carbonyl (C=O) groups excluding carboxylic acids is 1. The van der Waals surface area contributed by atoms with E-state index in [1.54, 1.807) is 22.7 Å². The van der Waals surface area contributed by atoms with E-state index in [0.29, 0.717) is 12.2 Å². The van der Waals surface area contributed by atoms with Crippen LogP contribution in [-0.2, 0) is 0 Å². The van der Waals surface area contributed by atoms with Crippen LogP contribution < -0.4 is 10.6 Å². The number of aromatic nitrogens is 2. The molecule has 7 heteroatoms. The van der Waals surface area contributed by atoms with Crippen LogP contribution in [0.25, 0.3) is 32.2 Å². The Hall–Kier alpha value is -2.77. The van der Waals surface area contributed by atoms with Gasteiger partial charge in [-0.3, -0.25) is 0 Å². The molecule has 0 unspecified atom stereocenters. The Morgan fingerprint density at radius 1 is 0.844 bits per heavy atom. The first-order chi connectivity index (χ1) is 15.7. The Bertz CT molecular complexity index is 1140. The van der Waals surface area contributed by atoms with Crippen LogP contribution in [0, 0.1) is 0 Å². The van der Waals surface area contributed by atoms with Gasteiger partial charge in [-0.25, -0.2) is 14.8 Å². The normalized spacial score (nSPS) is 11.0. The zero-order valence-electron chi connectivity index (χ0n) is 18.3. The van der Waals surface area contributed by atoms with E-state index in [-0.39, 0.29) is 6.03 Å². The first kappa shape index (κ1) is 22.4. The molecule has 0 aliphatic carbocycles. The van der Waals surface area contributed by atoms with Crippen molar-refractivity contribution in [3.8, 4) is 21.1 Å². The van der Waals surface area contributed by atoms with Crippen molar-refractivity contribution < 1.29 is 4.79 Å². The lowest BCUT2D eigenvalue weighted by molar-refractivity contribution is 0.252. The molecule has 3 heterocycles. The van der Waals surface area contributed by atoms with Gasteiger partial charge >= 0.3 is 6.03 Å². The molecule has 166 valence electrons. The molecule has 0 aliphatic heterocycles. The summed E-state index contributed by atoms with van der Waals surface area (Å²) in [5.41, 5.74) is 4.06. The van der Waals surface area contributed by atoms with Crippen LogP contribution in [0.1, 0.15) is 45.4 Å². The van der Waals surface area contributed by atoms with E-state index in [1.807, 2.05) is 35.7 Å². The number of unbranched alkanes of at least 4 members (excludes halogenated alkanes) is 5. The number of anilines is 1. The SMILES string of the molecule is CCCCCCCCNC(=O)Nc1ccc2nc(-c3cccs3)c(-c3cccs3)nc2c1. The smallest absolute Gasteiger partial charge is 0.319 e. The molecule has 32 heavy (non-hydrogen) atoms. The van der Waals surface area contributed by atoms with Crippen molar-refractivity contribution in [1.29, 1.82) is 0 Å². The number of benzene rings is 1. The van der Waals surface area contributed by atoms with Gasteiger partial charge in [0, 0.05) is 12.2 Å². The molecule has 0 fully saturated rings. The van der Waals surface area contributed by atoms with Gasteiger partial charge in [0.15, 0.2) is 0 Å². The van der Waals surface area contributed by atoms with Crippen molar-refractivity contribution in [3.63, 3.8) is 0 Å². The molecule has 5 nitrogen and oxygen atoms in total. The van der Waals surface area contributed by atoms with E-state index in [0.717, 1.165) is 45.0 Å². The van der Waals surface area contributed by atoms with E-state index in [1.165, 1.54) is 25.7 Å². The number of carbonyl (C=O) groups is 1. The van der Waals surface area contributed by atoms with E-state index in [2.05, 4.69) is 35.1 Å². The molecule has 2 amide bonds. The third kappa shape index (κ3) is 5.72. The number of hydrogen-bond acceptors (Lipinski definition) is 5. The summed E-state index contributed by atoms with van der Waals surface area (Å²) < 4.78 is 0. The molecule has 0 radical (unpaired) electrons. The van der Waals surface area contributed by atoms with Crippen LogP contribution in [0.5, 0.6) is 0 Å². The summed E-state index contributed by atoms with van der Waals surface area (Å²) in [6.45, 7) is 2.91. The summed E-state index contributed by atoms with van der Waals surface area (Å²) in [4.78, 5) is 24.3. The second-order valence-electron chi connectivity index (χ2n) is 7.73. The summed E-state index contributed by atoms with van der Waals surface area (Å²) >= 11 is 3.31. The highest BCUT2D eigenvalue weighted by atomic mass is 32.1. The van der Waals surface area contributed by atoms with Crippen molar-refractivity contribution in [2.24, 2.45) is 0 Å². The van der Waals surface area contributed by atoms with Crippen molar-refractivity contribution in [2.45, 2.75) is 45.4 Å². The first-order valence-corrected chi connectivity index (χ1v) is 12.9. The molecular weight excluding hydrogens is 436 g/mol. The predicted octanol–water partition coefficient (Wildman–Crippen LogP) is 7.57. The Morgan fingerprint density at radius 3 is 2.16 bits per heavy atom. The molecule has 4 aromatic rings.